The van der Waals surface area contributed by atoms with Crippen LogP contribution in [0.1, 0.15) is 20.8 Å². The van der Waals surface area contributed by atoms with Crippen LogP contribution in [0, 0.1) is 0 Å². The molecule has 0 nitrogen and oxygen atoms in total. The van der Waals surface area contributed by atoms with Crippen molar-refractivity contribution in [3.8, 4) is 0 Å². The third-order valence-corrected chi connectivity index (χ3v) is 11.2. The summed E-state index contributed by atoms with van der Waals surface area (Å²) in [5.41, 5.74) is 0. The number of halogens is 1. The fraction of sp³-hybridized carbons (Fsp3) is 1.00. The Labute approximate surface area is 61.6 Å². The van der Waals surface area contributed by atoms with Crippen LogP contribution < -0.4 is 0 Å². The minimum Gasteiger partial charge on any atom is -0.269 e. The van der Waals surface area contributed by atoms with E-state index in [1.54, 1.807) is 0 Å². The van der Waals surface area contributed by atoms with Crippen molar-refractivity contribution >= 4 is 17.4 Å². The van der Waals surface area contributed by atoms with E-state index in [1.807, 2.05) is 0 Å². The molecule has 0 aromatic carbocycles. The molecular weight excluding hydrogens is 147 g/mol. The SMILES string of the molecule is CC(C)(C)[Si](C)(C)[SiH3].F. The molecule has 0 heterocycles. The van der Waals surface area contributed by atoms with Crippen LogP contribution >= 0.6 is 0 Å². The highest BCUT2D eigenvalue weighted by Gasteiger charge is 2.28. The second-order valence-corrected chi connectivity index (χ2v) is 18.0. The van der Waals surface area contributed by atoms with Gasteiger partial charge in [-0.3, -0.25) is 4.70 Å². The third-order valence-electron chi connectivity index (χ3n) is 2.25. The lowest BCUT2D eigenvalue weighted by Crippen LogP contribution is -2.37. The molecule has 0 aliphatic carbocycles. The lowest BCUT2D eigenvalue weighted by Gasteiger charge is -2.33. The standard InChI is InChI=1S/C6H18Si2.FH/c1-6(2,3)8(4,5)7;/h1-5,7H3;1H. The Morgan fingerprint density at radius 2 is 1.22 bits per heavy atom. The summed E-state index contributed by atoms with van der Waals surface area (Å²) in [5.74, 6) is 0. The molecule has 0 aliphatic heterocycles. The molecule has 0 amide bonds. The summed E-state index contributed by atoms with van der Waals surface area (Å²) in [6.45, 7) is 12.0. The minimum atomic E-state index is -0.720. The van der Waals surface area contributed by atoms with Crippen LogP contribution in [0.15, 0.2) is 0 Å². The van der Waals surface area contributed by atoms with Crippen LogP contribution in [0.25, 0.3) is 0 Å². The van der Waals surface area contributed by atoms with Crippen molar-refractivity contribution in [2.75, 3.05) is 0 Å². The Morgan fingerprint density at radius 1 is 1.11 bits per heavy atom. The molecule has 0 N–H and O–H groups in total. The zero-order valence-electron chi connectivity index (χ0n) is 7.41. The van der Waals surface area contributed by atoms with E-state index in [2.05, 4.69) is 33.9 Å². The average molecular weight is 166 g/mol. The fourth-order valence-electron chi connectivity index (χ4n) is 0. The lowest BCUT2D eigenvalue weighted by atomic mass is 10.2. The highest BCUT2D eigenvalue weighted by Crippen LogP contribution is 2.32. The van der Waals surface area contributed by atoms with E-state index in [1.165, 1.54) is 9.76 Å². The first-order chi connectivity index (χ1) is 3.25. The molecule has 58 valence electrons. The van der Waals surface area contributed by atoms with Crippen LogP contribution in [-0.4, -0.2) is 17.4 Å². The van der Waals surface area contributed by atoms with Gasteiger partial charge >= 0.3 is 0 Å². The molecule has 0 aromatic rings. The van der Waals surface area contributed by atoms with Crippen molar-refractivity contribution in [2.24, 2.45) is 0 Å². The minimum absolute atomic E-state index is 0. The van der Waals surface area contributed by atoms with Crippen molar-refractivity contribution in [1.29, 1.82) is 0 Å². The quantitative estimate of drug-likeness (QED) is 0.479. The van der Waals surface area contributed by atoms with Gasteiger partial charge in [-0.05, 0) is 14.8 Å². The van der Waals surface area contributed by atoms with Gasteiger partial charge in [-0.15, -0.1) is 0 Å². The first-order valence-corrected chi connectivity index (χ1v) is 9.75. The van der Waals surface area contributed by atoms with Gasteiger partial charge in [-0.2, -0.15) is 0 Å². The van der Waals surface area contributed by atoms with Crippen LogP contribution in [-0.2, 0) is 0 Å². The summed E-state index contributed by atoms with van der Waals surface area (Å²) in [5, 5.41) is 0.638. The predicted molar refractivity (Wildman–Crippen MR) is 49.6 cm³/mol. The van der Waals surface area contributed by atoms with Crippen molar-refractivity contribution in [3.63, 3.8) is 0 Å². The molecule has 0 radical (unpaired) electrons. The Bertz CT molecular complexity index is 66.0. The van der Waals surface area contributed by atoms with E-state index >= 15 is 0 Å². The van der Waals surface area contributed by atoms with Crippen molar-refractivity contribution in [1.82, 2.24) is 0 Å². The van der Waals surface area contributed by atoms with E-state index in [-0.39, 0.29) is 4.70 Å². The molecule has 0 fully saturated rings. The number of hydrogen-bond donors (Lipinski definition) is 0. The van der Waals surface area contributed by atoms with Gasteiger partial charge in [0.25, 0.3) is 0 Å². The Kier molecular flexibility index (Phi) is 3.98. The number of hydrogen-bond acceptors (Lipinski definition) is 0. The molecule has 0 atom stereocenters. The summed E-state index contributed by atoms with van der Waals surface area (Å²) in [6, 6.07) is 0. The molecule has 0 saturated heterocycles. The van der Waals surface area contributed by atoms with Gasteiger partial charge in [0.2, 0.25) is 0 Å². The summed E-state index contributed by atoms with van der Waals surface area (Å²) in [6.07, 6.45) is 0. The average Bonchev–Trinajstić information content (AvgIpc) is 1.25. The predicted octanol–water partition coefficient (Wildman–Crippen LogP) is 1.51. The maximum absolute atomic E-state index is 2.47. The second-order valence-electron chi connectivity index (χ2n) is 4.50. The van der Waals surface area contributed by atoms with Crippen LogP contribution in [0.4, 0.5) is 4.70 Å². The van der Waals surface area contributed by atoms with Crippen molar-refractivity contribution < 1.29 is 4.70 Å². The lowest BCUT2D eigenvalue weighted by molar-refractivity contribution is 0.735. The summed E-state index contributed by atoms with van der Waals surface area (Å²) in [7, 11) is 0.706. The summed E-state index contributed by atoms with van der Waals surface area (Å²) in [4.78, 5) is 0. The molecule has 0 aliphatic rings. The third kappa shape index (κ3) is 3.86. The van der Waals surface area contributed by atoms with Gasteiger partial charge < -0.3 is 0 Å². The van der Waals surface area contributed by atoms with Gasteiger partial charge in [-0.1, -0.05) is 33.9 Å². The zero-order valence-corrected chi connectivity index (χ0v) is 10.4. The largest absolute Gasteiger partial charge is 0.269 e. The molecule has 0 spiro atoms. The van der Waals surface area contributed by atoms with Gasteiger partial charge in [0.15, 0.2) is 0 Å². The molecule has 0 saturated carbocycles. The fourth-order valence-corrected chi connectivity index (χ4v) is 0. The highest BCUT2D eigenvalue weighted by molar-refractivity contribution is 7.17. The monoisotopic (exact) mass is 166 g/mol. The Morgan fingerprint density at radius 3 is 1.22 bits per heavy atom. The molecule has 0 rings (SSSR count). The van der Waals surface area contributed by atoms with Crippen LogP contribution in [0.5, 0.6) is 0 Å². The van der Waals surface area contributed by atoms with E-state index in [4.69, 9.17) is 0 Å². The van der Waals surface area contributed by atoms with Gasteiger partial charge in [0, 0.05) is 7.59 Å². The van der Waals surface area contributed by atoms with Crippen LogP contribution in [0.3, 0.4) is 0 Å². The number of rotatable bonds is 0. The van der Waals surface area contributed by atoms with Gasteiger partial charge in [0.05, 0.1) is 0 Å². The van der Waals surface area contributed by atoms with E-state index in [0.29, 0.717) is 5.04 Å². The highest BCUT2D eigenvalue weighted by atomic mass is 29.2. The van der Waals surface area contributed by atoms with E-state index < -0.39 is 7.59 Å². The Balaban J connectivity index is 0. The first-order valence-electron chi connectivity index (χ1n) is 3.25. The topological polar surface area (TPSA) is 0 Å². The van der Waals surface area contributed by atoms with Crippen molar-refractivity contribution in [2.45, 2.75) is 38.9 Å². The molecule has 9 heavy (non-hydrogen) atoms. The van der Waals surface area contributed by atoms with E-state index in [9.17, 15) is 0 Å². The normalized spacial score (nSPS) is 13.0. The molecule has 3 heteroatoms. The maximum Gasteiger partial charge on any atom is 0.0356 e. The first kappa shape index (κ1) is 12.1. The van der Waals surface area contributed by atoms with E-state index in [0.717, 1.165) is 0 Å². The Hall–Kier alpha value is 0.364. The maximum atomic E-state index is 2.47. The van der Waals surface area contributed by atoms with Gasteiger partial charge in [-0.25, -0.2) is 0 Å². The summed E-state index contributed by atoms with van der Waals surface area (Å²) >= 11 is 0. The second kappa shape index (κ2) is 2.97. The van der Waals surface area contributed by atoms with Crippen molar-refractivity contribution in [3.05, 3.63) is 0 Å². The van der Waals surface area contributed by atoms with Gasteiger partial charge in [0.1, 0.15) is 0 Å². The van der Waals surface area contributed by atoms with Crippen LogP contribution in [0.2, 0.25) is 18.1 Å². The summed E-state index contributed by atoms with van der Waals surface area (Å²) < 4.78 is 0. The molecule has 0 unspecified atom stereocenters. The smallest absolute Gasteiger partial charge is 0.0356 e. The molecule has 0 bridgehead atoms. The zero-order chi connectivity index (χ0) is 7.00. The molecule has 0 aromatic heterocycles. The molecular formula is C6H19FSi2.